The lowest BCUT2D eigenvalue weighted by molar-refractivity contribution is -0.134. The molecule has 7 nitrogen and oxygen atoms in total. The van der Waals surface area contributed by atoms with Gasteiger partial charge in [0.05, 0.1) is 26.4 Å². The summed E-state index contributed by atoms with van der Waals surface area (Å²) in [5.74, 6) is 2.19. The summed E-state index contributed by atoms with van der Waals surface area (Å²) in [7, 11) is 1.66. The van der Waals surface area contributed by atoms with Crippen molar-refractivity contribution in [3.05, 3.63) is 53.1 Å². The average Bonchev–Trinajstić information content (AvgIpc) is 3.28. The number of fused-ring (bicyclic) bond motifs is 1. The molecule has 31 heavy (non-hydrogen) atoms. The second kappa shape index (κ2) is 11.9. The summed E-state index contributed by atoms with van der Waals surface area (Å²) in [5.41, 5.74) is 2.97. The highest BCUT2D eigenvalue weighted by atomic mass is 16.7. The normalized spacial score (nSPS) is 13.6. The summed E-state index contributed by atoms with van der Waals surface area (Å²) in [5, 5.41) is 3.53. The van der Waals surface area contributed by atoms with E-state index >= 15 is 0 Å². The smallest absolute Gasteiger partial charge is 0.231 e. The fourth-order valence-electron chi connectivity index (χ4n) is 3.57. The minimum absolute atomic E-state index is 0.169. The lowest BCUT2D eigenvalue weighted by Gasteiger charge is -2.25. The molecule has 0 saturated carbocycles. The Hall–Kier alpha value is -2.32. The second-order valence-corrected chi connectivity index (χ2v) is 7.16. The van der Waals surface area contributed by atoms with E-state index in [0.717, 1.165) is 33.9 Å². The third kappa shape index (κ3) is 6.11. The fraction of sp³-hybridized carbons (Fsp3) is 0.500. The second-order valence-electron chi connectivity index (χ2n) is 7.16. The van der Waals surface area contributed by atoms with Gasteiger partial charge in [-0.3, -0.25) is 0 Å². The number of hydrogen-bond donors (Lipinski definition) is 1. The van der Waals surface area contributed by atoms with Crippen molar-refractivity contribution in [3.8, 4) is 17.2 Å². The molecule has 0 aliphatic carbocycles. The van der Waals surface area contributed by atoms with E-state index in [2.05, 4.69) is 5.32 Å². The molecule has 0 unspecified atom stereocenters. The van der Waals surface area contributed by atoms with Gasteiger partial charge in [-0.1, -0.05) is 30.3 Å². The van der Waals surface area contributed by atoms with E-state index in [0.29, 0.717) is 33.0 Å². The molecule has 1 aliphatic rings. The standard InChI is InChI=1S/C24H33NO6/c1-5-28-22(29-6-2)13-25-20(15-27-14-18-10-8-7-9-11-18)19-12-21(26-4)17(3)23-24(19)31-16-30-23/h7-12,20,22,25H,5-6,13-16H2,1-4H3/t20-/m0/s1. The molecule has 3 rings (SSSR count). The SMILES string of the molecule is CCOC(CN[C@@H](COCc1ccccc1)c1cc(OC)c(C)c2c1OCO2)OCC. The van der Waals surface area contributed by atoms with Gasteiger partial charge >= 0.3 is 0 Å². The largest absolute Gasteiger partial charge is 0.496 e. The lowest BCUT2D eigenvalue weighted by Crippen LogP contribution is -2.36. The van der Waals surface area contributed by atoms with Gasteiger partial charge in [0.2, 0.25) is 6.79 Å². The van der Waals surface area contributed by atoms with Crippen LogP contribution in [0, 0.1) is 6.92 Å². The van der Waals surface area contributed by atoms with Crippen molar-refractivity contribution >= 4 is 0 Å². The quantitative estimate of drug-likeness (QED) is 0.481. The van der Waals surface area contributed by atoms with Crippen molar-refractivity contribution in [3.63, 3.8) is 0 Å². The molecule has 1 atom stereocenters. The minimum atomic E-state index is -0.343. The van der Waals surface area contributed by atoms with Gasteiger partial charge in [0.25, 0.3) is 0 Å². The highest BCUT2D eigenvalue weighted by Gasteiger charge is 2.28. The van der Waals surface area contributed by atoms with E-state index in [1.165, 1.54) is 0 Å². The van der Waals surface area contributed by atoms with Crippen molar-refractivity contribution in [2.45, 2.75) is 39.7 Å². The molecule has 2 aromatic rings. The van der Waals surface area contributed by atoms with Gasteiger partial charge in [0.1, 0.15) is 5.75 Å². The highest BCUT2D eigenvalue weighted by Crippen LogP contribution is 2.45. The number of rotatable bonds is 13. The van der Waals surface area contributed by atoms with Gasteiger partial charge in [-0.2, -0.15) is 0 Å². The van der Waals surface area contributed by atoms with Crippen LogP contribution in [0.4, 0.5) is 0 Å². The molecule has 0 bridgehead atoms. The first-order chi connectivity index (χ1) is 15.2. The number of nitrogens with one attached hydrogen (secondary N) is 1. The highest BCUT2D eigenvalue weighted by molar-refractivity contribution is 5.60. The Kier molecular flexibility index (Phi) is 8.97. The molecule has 0 fully saturated rings. The van der Waals surface area contributed by atoms with Crippen LogP contribution in [-0.2, 0) is 20.8 Å². The maximum Gasteiger partial charge on any atom is 0.231 e. The molecule has 170 valence electrons. The van der Waals surface area contributed by atoms with Crippen LogP contribution in [0.2, 0.25) is 0 Å². The Morgan fingerprint density at radius 2 is 1.74 bits per heavy atom. The van der Waals surface area contributed by atoms with Crippen LogP contribution in [0.5, 0.6) is 17.2 Å². The molecular formula is C24H33NO6. The van der Waals surface area contributed by atoms with Crippen molar-refractivity contribution in [1.82, 2.24) is 5.32 Å². The monoisotopic (exact) mass is 431 g/mol. The Bertz CT molecular complexity index is 807. The zero-order chi connectivity index (χ0) is 22.1. The van der Waals surface area contributed by atoms with Gasteiger partial charge in [-0.15, -0.1) is 0 Å². The number of hydrogen-bond acceptors (Lipinski definition) is 7. The first-order valence-electron chi connectivity index (χ1n) is 10.7. The molecule has 1 aliphatic heterocycles. The molecule has 0 amide bonds. The summed E-state index contributed by atoms with van der Waals surface area (Å²) < 4.78 is 34.6. The molecule has 0 saturated heterocycles. The van der Waals surface area contributed by atoms with E-state index in [9.17, 15) is 0 Å². The van der Waals surface area contributed by atoms with Crippen LogP contribution in [0.1, 0.15) is 36.6 Å². The fourth-order valence-corrected chi connectivity index (χ4v) is 3.57. The van der Waals surface area contributed by atoms with Gasteiger partial charge in [0, 0.05) is 30.9 Å². The predicted octanol–water partition coefficient (Wildman–Crippen LogP) is 3.98. The van der Waals surface area contributed by atoms with Crippen molar-refractivity contribution in [2.24, 2.45) is 0 Å². The van der Waals surface area contributed by atoms with E-state index < -0.39 is 0 Å². The van der Waals surface area contributed by atoms with Gasteiger partial charge in [0.15, 0.2) is 17.8 Å². The zero-order valence-electron chi connectivity index (χ0n) is 18.8. The Morgan fingerprint density at radius 1 is 1.03 bits per heavy atom. The molecular weight excluding hydrogens is 398 g/mol. The molecule has 0 spiro atoms. The Morgan fingerprint density at radius 3 is 2.42 bits per heavy atom. The molecule has 0 radical (unpaired) electrons. The van der Waals surface area contributed by atoms with E-state index in [1.807, 2.05) is 57.2 Å². The first kappa shape index (κ1) is 23.3. The maximum absolute atomic E-state index is 6.07. The van der Waals surface area contributed by atoms with E-state index in [4.69, 9.17) is 28.4 Å². The van der Waals surface area contributed by atoms with E-state index in [-0.39, 0.29) is 19.1 Å². The van der Waals surface area contributed by atoms with Crippen LogP contribution in [-0.4, -0.2) is 46.6 Å². The van der Waals surface area contributed by atoms with Crippen LogP contribution < -0.4 is 19.5 Å². The van der Waals surface area contributed by atoms with Crippen LogP contribution in [0.25, 0.3) is 0 Å². The summed E-state index contributed by atoms with van der Waals surface area (Å²) in [6.45, 7) is 8.67. The summed E-state index contributed by atoms with van der Waals surface area (Å²) in [6, 6.07) is 11.9. The van der Waals surface area contributed by atoms with Crippen LogP contribution in [0.15, 0.2) is 36.4 Å². The van der Waals surface area contributed by atoms with Gasteiger partial charge < -0.3 is 33.7 Å². The first-order valence-corrected chi connectivity index (χ1v) is 10.7. The number of methoxy groups -OCH3 is 1. The van der Waals surface area contributed by atoms with Crippen LogP contribution in [0.3, 0.4) is 0 Å². The van der Waals surface area contributed by atoms with Crippen molar-refractivity contribution in [1.29, 1.82) is 0 Å². The van der Waals surface area contributed by atoms with Gasteiger partial charge in [-0.25, -0.2) is 0 Å². The zero-order valence-corrected chi connectivity index (χ0v) is 18.8. The third-order valence-electron chi connectivity index (χ3n) is 5.10. The van der Waals surface area contributed by atoms with Crippen molar-refractivity contribution < 1.29 is 28.4 Å². The molecule has 1 N–H and O–H groups in total. The maximum atomic E-state index is 6.07. The van der Waals surface area contributed by atoms with Crippen molar-refractivity contribution in [2.75, 3.05) is 40.3 Å². The molecule has 2 aromatic carbocycles. The molecule has 1 heterocycles. The summed E-state index contributed by atoms with van der Waals surface area (Å²) >= 11 is 0. The van der Waals surface area contributed by atoms with Crippen LogP contribution >= 0.6 is 0 Å². The van der Waals surface area contributed by atoms with Gasteiger partial charge in [-0.05, 0) is 32.4 Å². The Balaban J connectivity index is 1.80. The van der Waals surface area contributed by atoms with E-state index in [1.54, 1.807) is 7.11 Å². The predicted molar refractivity (Wildman–Crippen MR) is 118 cm³/mol. The summed E-state index contributed by atoms with van der Waals surface area (Å²) in [4.78, 5) is 0. The topological polar surface area (TPSA) is 67.4 Å². The number of ether oxygens (including phenoxy) is 6. The Labute approximate surface area is 184 Å². The average molecular weight is 432 g/mol. The lowest BCUT2D eigenvalue weighted by atomic mass is 10.0. The molecule has 0 aromatic heterocycles. The third-order valence-corrected chi connectivity index (χ3v) is 5.10. The summed E-state index contributed by atoms with van der Waals surface area (Å²) in [6.07, 6.45) is -0.343. The molecule has 7 heteroatoms. The minimum Gasteiger partial charge on any atom is -0.496 e. The number of benzene rings is 2.